The van der Waals surface area contributed by atoms with E-state index < -0.39 is 38.0 Å². The Morgan fingerprint density at radius 3 is 2.37 bits per heavy atom. The molecule has 2 aromatic rings. The number of nitro benzene ring substituents is 1. The number of benzene rings is 2. The Labute approximate surface area is 174 Å². The van der Waals surface area contributed by atoms with E-state index in [1.165, 1.54) is 24.3 Å². The van der Waals surface area contributed by atoms with Crippen molar-refractivity contribution in [2.45, 2.75) is 36.7 Å². The van der Waals surface area contributed by atoms with Crippen LogP contribution >= 0.6 is 0 Å². The van der Waals surface area contributed by atoms with Gasteiger partial charge in [-0.3, -0.25) is 19.2 Å². The number of carbonyl (C=O) groups is 1. The lowest BCUT2D eigenvalue weighted by Crippen LogP contribution is -2.36. The molecule has 3 rings (SSSR count). The number of nitrogens with zero attached hydrogens (tertiary/aromatic N) is 2. The number of anilines is 1. The van der Waals surface area contributed by atoms with E-state index in [2.05, 4.69) is 4.74 Å². The number of ether oxygens (including phenoxy) is 2. The molecule has 0 bridgehead atoms. The van der Waals surface area contributed by atoms with E-state index in [-0.39, 0.29) is 11.8 Å². The first-order valence-electron chi connectivity index (χ1n) is 9.42. The molecule has 1 saturated carbocycles. The number of carbonyl (C=O) groups excluding carboxylic acids is 1. The van der Waals surface area contributed by atoms with Gasteiger partial charge in [0, 0.05) is 6.07 Å². The van der Waals surface area contributed by atoms with E-state index in [1.807, 2.05) is 0 Å². The smallest absolute Gasteiger partial charge is 0.326 e. The van der Waals surface area contributed by atoms with E-state index in [0.29, 0.717) is 5.75 Å². The average molecular weight is 434 g/mol. The first-order chi connectivity index (χ1) is 14.3. The minimum atomic E-state index is -4.42. The molecule has 9 nitrogen and oxygen atoms in total. The first-order valence-corrected chi connectivity index (χ1v) is 10.9. The molecule has 0 N–H and O–H groups in total. The molecule has 0 aliphatic heterocycles. The van der Waals surface area contributed by atoms with Crippen molar-refractivity contribution in [3.8, 4) is 5.75 Å². The predicted octanol–water partition coefficient (Wildman–Crippen LogP) is 3.28. The normalized spacial score (nSPS) is 14.3. The summed E-state index contributed by atoms with van der Waals surface area (Å²) in [5.41, 5.74) is -0.411. The molecule has 10 heteroatoms. The molecule has 1 aliphatic carbocycles. The zero-order chi connectivity index (χ0) is 21.7. The molecule has 1 fully saturated rings. The van der Waals surface area contributed by atoms with Gasteiger partial charge in [0.15, 0.2) is 4.90 Å². The third-order valence-electron chi connectivity index (χ3n) is 4.86. The molecule has 30 heavy (non-hydrogen) atoms. The van der Waals surface area contributed by atoms with Gasteiger partial charge in [0.25, 0.3) is 15.7 Å². The molecule has 2 aromatic carbocycles. The van der Waals surface area contributed by atoms with Crippen molar-refractivity contribution in [2.24, 2.45) is 0 Å². The number of esters is 1. The van der Waals surface area contributed by atoms with Crippen LogP contribution in [0.4, 0.5) is 11.4 Å². The van der Waals surface area contributed by atoms with Gasteiger partial charge >= 0.3 is 5.97 Å². The van der Waals surface area contributed by atoms with Crippen LogP contribution in [-0.2, 0) is 19.6 Å². The van der Waals surface area contributed by atoms with Crippen molar-refractivity contribution in [3.63, 3.8) is 0 Å². The third kappa shape index (κ3) is 4.70. The molecule has 0 atom stereocenters. The highest BCUT2D eigenvalue weighted by Gasteiger charge is 2.33. The molecule has 0 saturated heterocycles. The fraction of sp³-hybridized carbons (Fsp3) is 0.350. The van der Waals surface area contributed by atoms with Crippen LogP contribution in [0.2, 0.25) is 0 Å². The van der Waals surface area contributed by atoms with E-state index >= 15 is 0 Å². The lowest BCUT2D eigenvalue weighted by Gasteiger charge is -2.23. The topological polar surface area (TPSA) is 116 Å². The van der Waals surface area contributed by atoms with Crippen LogP contribution in [0.1, 0.15) is 25.7 Å². The van der Waals surface area contributed by atoms with Gasteiger partial charge in [-0.2, -0.15) is 0 Å². The standard InChI is InChI=1S/C20H22N2O7S/c1-28-20(23)14-21(30(26,27)19-9-5-4-8-18(19)22(24)25)15-10-12-17(13-11-15)29-16-6-2-3-7-16/h4-5,8-13,16H,2-3,6-7,14H2,1H3. The molecule has 1 aliphatic rings. The summed E-state index contributed by atoms with van der Waals surface area (Å²) in [5.74, 6) is -0.213. The summed E-state index contributed by atoms with van der Waals surface area (Å²) < 4.78 is 37.8. The Balaban J connectivity index is 1.96. The zero-order valence-corrected chi connectivity index (χ0v) is 17.2. The van der Waals surface area contributed by atoms with Gasteiger partial charge in [-0.15, -0.1) is 0 Å². The van der Waals surface area contributed by atoms with E-state index in [0.717, 1.165) is 49.2 Å². The van der Waals surface area contributed by atoms with E-state index in [9.17, 15) is 23.3 Å². The van der Waals surface area contributed by atoms with Crippen LogP contribution in [0.5, 0.6) is 5.75 Å². The second-order valence-electron chi connectivity index (χ2n) is 6.83. The lowest BCUT2D eigenvalue weighted by molar-refractivity contribution is -0.387. The van der Waals surface area contributed by atoms with Gasteiger partial charge < -0.3 is 9.47 Å². The van der Waals surface area contributed by atoms with Crippen molar-refractivity contribution in [2.75, 3.05) is 18.0 Å². The average Bonchev–Trinajstić information content (AvgIpc) is 3.25. The van der Waals surface area contributed by atoms with Crippen LogP contribution in [0.15, 0.2) is 53.4 Å². The molecule has 0 heterocycles. The van der Waals surface area contributed by atoms with Crippen molar-refractivity contribution in [1.82, 2.24) is 0 Å². The summed E-state index contributed by atoms with van der Waals surface area (Å²) >= 11 is 0. The van der Waals surface area contributed by atoms with Crippen molar-refractivity contribution < 1.29 is 27.6 Å². The Bertz CT molecular complexity index is 1020. The fourth-order valence-corrected chi connectivity index (χ4v) is 4.90. The summed E-state index contributed by atoms with van der Waals surface area (Å²) in [6, 6.07) is 11.2. The maximum atomic E-state index is 13.3. The Kier molecular flexibility index (Phi) is 6.56. The quantitative estimate of drug-likeness (QED) is 0.356. The van der Waals surface area contributed by atoms with E-state index in [4.69, 9.17) is 4.74 Å². The number of hydrogen-bond acceptors (Lipinski definition) is 7. The van der Waals surface area contributed by atoms with E-state index in [1.54, 1.807) is 12.1 Å². The van der Waals surface area contributed by atoms with Gasteiger partial charge in [0.1, 0.15) is 12.3 Å². The predicted molar refractivity (Wildman–Crippen MR) is 109 cm³/mol. The van der Waals surface area contributed by atoms with Crippen LogP contribution in [0.25, 0.3) is 0 Å². The highest BCUT2D eigenvalue weighted by Crippen LogP contribution is 2.31. The molecule has 0 amide bonds. The molecular weight excluding hydrogens is 412 g/mol. The molecular formula is C20H22N2O7S. The number of methoxy groups -OCH3 is 1. The molecule has 0 radical (unpaired) electrons. The van der Waals surface area contributed by atoms with Crippen LogP contribution in [-0.4, -0.2) is 39.1 Å². The van der Waals surface area contributed by atoms with Gasteiger partial charge in [-0.1, -0.05) is 12.1 Å². The van der Waals surface area contributed by atoms with Gasteiger partial charge in [0.2, 0.25) is 0 Å². The summed E-state index contributed by atoms with van der Waals surface area (Å²) in [6.07, 6.45) is 4.32. The van der Waals surface area contributed by atoms with Gasteiger partial charge in [0.05, 0.1) is 23.8 Å². The largest absolute Gasteiger partial charge is 0.490 e. The second kappa shape index (κ2) is 9.12. The van der Waals surface area contributed by atoms with Crippen LogP contribution in [0.3, 0.4) is 0 Å². The Morgan fingerprint density at radius 2 is 1.77 bits per heavy atom. The van der Waals surface area contributed by atoms with Crippen molar-refractivity contribution >= 4 is 27.4 Å². The minimum absolute atomic E-state index is 0.137. The molecule has 0 aromatic heterocycles. The fourth-order valence-electron chi connectivity index (χ4n) is 3.33. The lowest BCUT2D eigenvalue weighted by atomic mass is 10.2. The van der Waals surface area contributed by atoms with Gasteiger partial charge in [-0.05, 0) is 56.0 Å². The minimum Gasteiger partial charge on any atom is -0.490 e. The summed E-state index contributed by atoms with van der Waals surface area (Å²) in [6.45, 7) is -0.631. The Morgan fingerprint density at radius 1 is 1.13 bits per heavy atom. The second-order valence-corrected chi connectivity index (χ2v) is 8.66. The number of rotatable bonds is 8. The summed E-state index contributed by atoms with van der Waals surface area (Å²) in [5, 5.41) is 11.3. The summed E-state index contributed by atoms with van der Waals surface area (Å²) in [7, 11) is -3.28. The highest BCUT2D eigenvalue weighted by molar-refractivity contribution is 7.93. The van der Waals surface area contributed by atoms with Crippen molar-refractivity contribution in [3.05, 3.63) is 58.6 Å². The van der Waals surface area contributed by atoms with Crippen molar-refractivity contribution in [1.29, 1.82) is 0 Å². The number of hydrogen-bond donors (Lipinski definition) is 0. The first kappa shape index (κ1) is 21.6. The molecule has 0 spiro atoms. The zero-order valence-electron chi connectivity index (χ0n) is 16.4. The molecule has 0 unspecified atom stereocenters. The van der Waals surface area contributed by atoms with Crippen LogP contribution < -0.4 is 9.04 Å². The molecule has 160 valence electrons. The monoisotopic (exact) mass is 434 g/mol. The Hall–Kier alpha value is -3.14. The summed E-state index contributed by atoms with van der Waals surface area (Å²) in [4.78, 5) is 21.9. The third-order valence-corrected chi connectivity index (χ3v) is 6.68. The number of sulfonamides is 1. The SMILES string of the molecule is COC(=O)CN(c1ccc(OC2CCCC2)cc1)S(=O)(=O)c1ccccc1[N+](=O)[O-]. The highest BCUT2D eigenvalue weighted by atomic mass is 32.2. The maximum absolute atomic E-state index is 13.3. The van der Waals surface area contributed by atoms with Crippen LogP contribution in [0, 0.1) is 10.1 Å². The maximum Gasteiger partial charge on any atom is 0.326 e. The van der Waals surface area contributed by atoms with Gasteiger partial charge in [-0.25, -0.2) is 8.42 Å². The number of para-hydroxylation sites is 1. The number of nitro groups is 1.